The lowest BCUT2D eigenvalue weighted by molar-refractivity contribution is -0.159. The predicted octanol–water partition coefficient (Wildman–Crippen LogP) is 0.551. The molecule has 0 atom stereocenters. The minimum absolute atomic E-state index is 0. The Balaban J connectivity index is 0.00000168. The van der Waals surface area contributed by atoms with Gasteiger partial charge in [-0.15, -0.1) is 0 Å². The summed E-state index contributed by atoms with van der Waals surface area (Å²) in [5.74, 6) is 3.09. The van der Waals surface area contributed by atoms with Crippen molar-refractivity contribution in [1.29, 1.82) is 0 Å². The van der Waals surface area contributed by atoms with Crippen LogP contribution in [0, 0.1) is 23.2 Å². The number of nitrogens with zero attached hydrogens (tertiary/aromatic N) is 2. The topological polar surface area (TPSA) is 23.6 Å². The van der Waals surface area contributed by atoms with Crippen molar-refractivity contribution in [2.75, 3.05) is 26.2 Å². The molecule has 1 aliphatic heterocycles. The van der Waals surface area contributed by atoms with Crippen molar-refractivity contribution >= 4 is 5.91 Å². The molecular formula is C22H30ClN2O-. The molecule has 0 spiro atoms. The SMILES string of the molecule is O=C(N1CCN(Cc2ccccc2)CC1)C12CC3CC(CC(C3)C1)C2.[Cl-]. The van der Waals surface area contributed by atoms with Gasteiger partial charge >= 0.3 is 0 Å². The average Bonchev–Trinajstić information content (AvgIpc) is 2.61. The first-order valence-electron chi connectivity index (χ1n) is 10.3. The third-order valence-electron chi connectivity index (χ3n) is 7.40. The molecule has 1 aromatic rings. The fourth-order valence-electron chi connectivity index (χ4n) is 6.66. The van der Waals surface area contributed by atoms with E-state index in [4.69, 9.17) is 0 Å². The highest BCUT2D eigenvalue weighted by Gasteiger charge is 2.55. The Morgan fingerprint density at radius 3 is 1.96 bits per heavy atom. The smallest absolute Gasteiger partial charge is 0.228 e. The summed E-state index contributed by atoms with van der Waals surface area (Å²) in [5.41, 5.74) is 1.42. The Morgan fingerprint density at radius 2 is 1.42 bits per heavy atom. The second-order valence-corrected chi connectivity index (χ2v) is 9.25. The van der Waals surface area contributed by atoms with E-state index in [-0.39, 0.29) is 17.8 Å². The van der Waals surface area contributed by atoms with Crippen LogP contribution in [0.25, 0.3) is 0 Å². The lowest BCUT2D eigenvalue weighted by atomic mass is 9.49. The molecule has 0 radical (unpaired) electrons. The summed E-state index contributed by atoms with van der Waals surface area (Å²) in [6.45, 7) is 4.90. The number of halogens is 1. The van der Waals surface area contributed by atoms with Gasteiger partial charge in [0.2, 0.25) is 5.91 Å². The molecule has 0 N–H and O–H groups in total. The van der Waals surface area contributed by atoms with Crippen LogP contribution in [0.3, 0.4) is 0 Å². The number of amides is 1. The molecule has 4 saturated carbocycles. The number of carbonyl (C=O) groups is 1. The fraction of sp³-hybridized carbons (Fsp3) is 0.682. The third kappa shape index (κ3) is 3.29. The minimum atomic E-state index is 0. The molecule has 4 heteroatoms. The zero-order valence-corrected chi connectivity index (χ0v) is 16.3. The maximum absolute atomic E-state index is 13.4. The number of carbonyl (C=O) groups excluding carboxylic acids is 1. The van der Waals surface area contributed by atoms with Crippen LogP contribution >= 0.6 is 0 Å². The molecule has 5 aliphatic rings. The molecule has 3 nitrogen and oxygen atoms in total. The van der Waals surface area contributed by atoms with Gasteiger partial charge in [-0.2, -0.15) is 0 Å². The highest BCUT2D eigenvalue weighted by Crippen LogP contribution is 2.60. The molecule has 1 amide bonds. The van der Waals surface area contributed by atoms with Crippen LogP contribution in [-0.2, 0) is 11.3 Å². The summed E-state index contributed by atoms with van der Waals surface area (Å²) < 4.78 is 0. The number of hydrogen-bond acceptors (Lipinski definition) is 2. The van der Waals surface area contributed by atoms with Crippen LogP contribution < -0.4 is 12.4 Å². The molecule has 4 aliphatic carbocycles. The van der Waals surface area contributed by atoms with E-state index in [1.165, 1.54) is 44.1 Å². The van der Waals surface area contributed by atoms with Crippen molar-refractivity contribution in [3.05, 3.63) is 35.9 Å². The van der Waals surface area contributed by atoms with Crippen molar-refractivity contribution in [3.63, 3.8) is 0 Å². The summed E-state index contributed by atoms with van der Waals surface area (Å²) in [6.07, 6.45) is 7.83. The number of piperazine rings is 1. The number of benzene rings is 1. The van der Waals surface area contributed by atoms with Crippen molar-refractivity contribution in [2.45, 2.75) is 45.1 Å². The number of rotatable bonds is 3. The first kappa shape index (κ1) is 18.3. The largest absolute Gasteiger partial charge is 1.00 e. The van der Waals surface area contributed by atoms with Crippen molar-refractivity contribution in [2.24, 2.45) is 23.2 Å². The Bertz CT molecular complexity index is 604. The minimum Gasteiger partial charge on any atom is -1.00 e. The zero-order chi connectivity index (χ0) is 16.9. The summed E-state index contributed by atoms with van der Waals surface area (Å²) in [4.78, 5) is 18.1. The lowest BCUT2D eigenvalue weighted by Gasteiger charge is -2.57. The van der Waals surface area contributed by atoms with E-state index in [0.29, 0.717) is 5.91 Å². The monoisotopic (exact) mass is 373 g/mol. The number of hydrogen-bond donors (Lipinski definition) is 0. The van der Waals surface area contributed by atoms with Gasteiger partial charge in [0, 0.05) is 32.7 Å². The molecule has 5 fully saturated rings. The van der Waals surface area contributed by atoms with Crippen LogP contribution in [0.2, 0.25) is 0 Å². The van der Waals surface area contributed by atoms with Gasteiger partial charge < -0.3 is 17.3 Å². The second kappa shape index (κ2) is 7.16. The molecular weight excluding hydrogens is 344 g/mol. The highest BCUT2D eigenvalue weighted by atomic mass is 35.5. The fourth-order valence-corrected chi connectivity index (χ4v) is 6.66. The van der Waals surface area contributed by atoms with Crippen LogP contribution in [0.15, 0.2) is 30.3 Å². The Labute approximate surface area is 163 Å². The van der Waals surface area contributed by atoms with Crippen molar-refractivity contribution < 1.29 is 17.2 Å². The molecule has 1 heterocycles. The van der Waals surface area contributed by atoms with Crippen LogP contribution in [0.5, 0.6) is 0 Å². The normalized spacial score (nSPS) is 36.0. The van der Waals surface area contributed by atoms with Gasteiger partial charge in [-0.25, -0.2) is 0 Å². The first-order chi connectivity index (χ1) is 12.2. The van der Waals surface area contributed by atoms with E-state index in [9.17, 15) is 4.79 Å². The van der Waals surface area contributed by atoms with Gasteiger partial charge in [0.1, 0.15) is 0 Å². The summed E-state index contributed by atoms with van der Waals surface area (Å²) >= 11 is 0. The van der Waals surface area contributed by atoms with E-state index >= 15 is 0 Å². The van der Waals surface area contributed by atoms with E-state index in [1.807, 2.05) is 0 Å². The Morgan fingerprint density at radius 1 is 0.885 bits per heavy atom. The molecule has 0 aromatic heterocycles. The average molecular weight is 374 g/mol. The molecule has 26 heavy (non-hydrogen) atoms. The second-order valence-electron chi connectivity index (χ2n) is 9.25. The predicted molar refractivity (Wildman–Crippen MR) is 98.9 cm³/mol. The molecule has 1 saturated heterocycles. The van der Waals surface area contributed by atoms with E-state index in [0.717, 1.165) is 50.5 Å². The van der Waals surface area contributed by atoms with Gasteiger partial charge in [-0.1, -0.05) is 30.3 Å². The highest BCUT2D eigenvalue weighted by molar-refractivity contribution is 5.83. The van der Waals surface area contributed by atoms with Gasteiger partial charge in [0.25, 0.3) is 0 Å². The van der Waals surface area contributed by atoms with Crippen molar-refractivity contribution in [1.82, 2.24) is 9.80 Å². The Hall–Kier alpha value is -1.06. The molecule has 6 rings (SSSR count). The summed E-state index contributed by atoms with van der Waals surface area (Å²) in [7, 11) is 0. The van der Waals surface area contributed by atoms with Gasteiger partial charge in [0.15, 0.2) is 0 Å². The van der Waals surface area contributed by atoms with Crippen LogP contribution in [0.1, 0.15) is 44.1 Å². The van der Waals surface area contributed by atoms with E-state index < -0.39 is 0 Å². The molecule has 4 bridgehead atoms. The van der Waals surface area contributed by atoms with Gasteiger partial charge in [0.05, 0.1) is 5.41 Å². The van der Waals surface area contributed by atoms with Crippen LogP contribution in [-0.4, -0.2) is 41.9 Å². The van der Waals surface area contributed by atoms with E-state index in [2.05, 4.69) is 40.1 Å². The maximum Gasteiger partial charge on any atom is 0.228 e. The Kier molecular flexibility index (Phi) is 5.04. The molecule has 1 aromatic carbocycles. The maximum atomic E-state index is 13.4. The lowest BCUT2D eigenvalue weighted by Crippen LogP contribution is -3.00. The summed E-state index contributed by atoms with van der Waals surface area (Å²) in [6, 6.07) is 10.7. The van der Waals surface area contributed by atoms with Crippen LogP contribution in [0.4, 0.5) is 0 Å². The quantitative estimate of drug-likeness (QED) is 0.772. The first-order valence-corrected chi connectivity index (χ1v) is 10.3. The van der Waals surface area contributed by atoms with Gasteiger partial charge in [-0.05, 0) is 61.8 Å². The molecule has 142 valence electrons. The third-order valence-corrected chi connectivity index (χ3v) is 7.40. The zero-order valence-electron chi connectivity index (χ0n) is 15.6. The van der Waals surface area contributed by atoms with E-state index in [1.54, 1.807) is 0 Å². The van der Waals surface area contributed by atoms with Gasteiger partial charge in [-0.3, -0.25) is 9.69 Å². The summed E-state index contributed by atoms with van der Waals surface area (Å²) in [5, 5.41) is 0. The standard InChI is InChI=1S/C22H30N2O.ClH/c25-21(22-13-18-10-19(14-22)12-20(11-18)15-22)24-8-6-23(7-9-24)16-17-4-2-1-3-5-17;/h1-5,18-20H,6-16H2;1H/p-1. The molecule has 0 unspecified atom stereocenters. The van der Waals surface area contributed by atoms with Crippen molar-refractivity contribution in [3.8, 4) is 0 Å².